The quantitative estimate of drug-likeness (QED) is 0.791. The highest BCUT2D eigenvalue weighted by Gasteiger charge is 2.14. The maximum absolute atomic E-state index is 12.1. The standard InChI is InChI=1S/C13H9Cl2N3O2S/c1-20-10-3-2-7(14)4-9(10)18-13(19)16-12(17-18)11-5-8(15)6-21-11/h2-6H,1H3,(H,16,17,19). The predicted molar refractivity (Wildman–Crippen MR) is 84.1 cm³/mol. The van der Waals surface area contributed by atoms with Crippen LogP contribution in [0.4, 0.5) is 0 Å². The minimum absolute atomic E-state index is 0.380. The molecule has 2 heterocycles. The Morgan fingerprint density at radius 1 is 1.29 bits per heavy atom. The van der Waals surface area contributed by atoms with Gasteiger partial charge >= 0.3 is 5.69 Å². The lowest BCUT2D eigenvalue weighted by molar-refractivity contribution is 0.411. The number of nitrogens with one attached hydrogen (secondary N) is 1. The SMILES string of the molecule is COc1ccc(Cl)cc1-n1nc(-c2cc(Cl)cs2)[nH]c1=O. The monoisotopic (exact) mass is 341 g/mol. The van der Waals surface area contributed by atoms with E-state index >= 15 is 0 Å². The predicted octanol–water partition coefficient (Wildman–Crippen LogP) is 3.60. The largest absolute Gasteiger partial charge is 0.494 e. The van der Waals surface area contributed by atoms with Crippen molar-refractivity contribution in [3.63, 3.8) is 0 Å². The van der Waals surface area contributed by atoms with E-state index in [0.29, 0.717) is 27.3 Å². The summed E-state index contributed by atoms with van der Waals surface area (Å²) in [6.07, 6.45) is 0. The average Bonchev–Trinajstić information content (AvgIpc) is 3.05. The summed E-state index contributed by atoms with van der Waals surface area (Å²) in [4.78, 5) is 15.6. The third-order valence-electron chi connectivity index (χ3n) is 2.79. The van der Waals surface area contributed by atoms with Gasteiger partial charge < -0.3 is 4.74 Å². The molecule has 5 nitrogen and oxygen atoms in total. The number of hydrogen-bond donors (Lipinski definition) is 1. The molecule has 0 atom stereocenters. The Labute approximate surface area is 133 Å². The molecule has 0 saturated heterocycles. The topological polar surface area (TPSA) is 59.9 Å². The summed E-state index contributed by atoms with van der Waals surface area (Å²) in [7, 11) is 1.52. The van der Waals surface area contributed by atoms with Gasteiger partial charge in [0, 0.05) is 10.4 Å². The first-order valence-electron chi connectivity index (χ1n) is 5.86. The van der Waals surface area contributed by atoms with Gasteiger partial charge in [0.1, 0.15) is 11.4 Å². The molecule has 0 unspecified atom stereocenters. The number of methoxy groups -OCH3 is 1. The van der Waals surface area contributed by atoms with Crippen molar-refractivity contribution in [3.05, 3.63) is 50.2 Å². The molecular weight excluding hydrogens is 333 g/mol. The van der Waals surface area contributed by atoms with E-state index in [-0.39, 0.29) is 5.69 Å². The molecule has 2 aromatic heterocycles. The Balaban J connectivity index is 2.14. The molecule has 8 heteroatoms. The van der Waals surface area contributed by atoms with Crippen LogP contribution in [-0.2, 0) is 0 Å². The molecular formula is C13H9Cl2N3O2S. The number of aromatic nitrogens is 3. The van der Waals surface area contributed by atoms with Gasteiger partial charge in [-0.2, -0.15) is 4.68 Å². The summed E-state index contributed by atoms with van der Waals surface area (Å²) < 4.78 is 6.45. The molecule has 0 aliphatic heterocycles. The molecule has 3 rings (SSSR count). The minimum Gasteiger partial charge on any atom is -0.494 e. The van der Waals surface area contributed by atoms with Crippen molar-refractivity contribution in [3.8, 4) is 22.1 Å². The van der Waals surface area contributed by atoms with E-state index in [1.165, 1.54) is 23.1 Å². The van der Waals surface area contributed by atoms with Crippen LogP contribution >= 0.6 is 34.5 Å². The van der Waals surface area contributed by atoms with Gasteiger partial charge in [0.2, 0.25) is 0 Å². The molecule has 1 aromatic carbocycles. The molecule has 0 fully saturated rings. The fraction of sp³-hybridized carbons (Fsp3) is 0.0769. The zero-order valence-electron chi connectivity index (χ0n) is 10.8. The fourth-order valence-electron chi connectivity index (χ4n) is 1.86. The number of ether oxygens (including phenoxy) is 1. The Morgan fingerprint density at radius 3 is 2.76 bits per heavy atom. The van der Waals surface area contributed by atoms with Crippen LogP contribution in [0.2, 0.25) is 10.0 Å². The van der Waals surface area contributed by atoms with Crippen molar-refractivity contribution in [1.29, 1.82) is 0 Å². The van der Waals surface area contributed by atoms with Crippen LogP contribution in [0, 0.1) is 0 Å². The third kappa shape index (κ3) is 2.70. The van der Waals surface area contributed by atoms with E-state index in [4.69, 9.17) is 27.9 Å². The number of halogens is 2. The molecule has 21 heavy (non-hydrogen) atoms. The van der Waals surface area contributed by atoms with Gasteiger partial charge in [-0.15, -0.1) is 16.4 Å². The molecule has 0 amide bonds. The first-order chi connectivity index (χ1) is 10.1. The summed E-state index contributed by atoms with van der Waals surface area (Å²) in [5, 5.41) is 7.14. The summed E-state index contributed by atoms with van der Waals surface area (Å²) in [6, 6.07) is 6.72. The molecule has 0 aliphatic rings. The van der Waals surface area contributed by atoms with Gasteiger partial charge in [-0.1, -0.05) is 23.2 Å². The van der Waals surface area contributed by atoms with Gasteiger partial charge in [0.05, 0.1) is 17.0 Å². The molecule has 3 aromatic rings. The lowest BCUT2D eigenvalue weighted by Gasteiger charge is -2.07. The highest BCUT2D eigenvalue weighted by molar-refractivity contribution is 7.14. The van der Waals surface area contributed by atoms with E-state index in [1.54, 1.807) is 29.6 Å². The molecule has 0 radical (unpaired) electrons. The molecule has 0 saturated carbocycles. The minimum atomic E-state index is -0.380. The van der Waals surface area contributed by atoms with Gasteiger partial charge in [0.15, 0.2) is 5.82 Å². The fourth-order valence-corrected chi connectivity index (χ4v) is 3.04. The van der Waals surface area contributed by atoms with Crippen LogP contribution in [-0.4, -0.2) is 21.9 Å². The van der Waals surface area contributed by atoms with Crippen molar-refractivity contribution >= 4 is 34.5 Å². The second-order valence-electron chi connectivity index (χ2n) is 4.14. The van der Waals surface area contributed by atoms with Crippen molar-refractivity contribution < 1.29 is 4.74 Å². The van der Waals surface area contributed by atoms with Gasteiger partial charge in [0.25, 0.3) is 0 Å². The highest BCUT2D eigenvalue weighted by atomic mass is 35.5. The lowest BCUT2D eigenvalue weighted by Crippen LogP contribution is -2.16. The van der Waals surface area contributed by atoms with Crippen molar-refractivity contribution in [1.82, 2.24) is 14.8 Å². The van der Waals surface area contributed by atoms with Crippen LogP contribution in [0.25, 0.3) is 16.4 Å². The number of benzene rings is 1. The van der Waals surface area contributed by atoms with Crippen LogP contribution in [0.5, 0.6) is 5.75 Å². The second kappa shape index (κ2) is 5.55. The zero-order chi connectivity index (χ0) is 15.0. The van der Waals surface area contributed by atoms with E-state index in [0.717, 1.165) is 4.88 Å². The van der Waals surface area contributed by atoms with E-state index in [1.807, 2.05) is 0 Å². The highest BCUT2D eigenvalue weighted by Crippen LogP contribution is 2.28. The van der Waals surface area contributed by atoms with Crippen LogP contribution in [0.3, 0.4) is 0 Å². The van der Waals surface area contributed by atoms with Crippen LogP contribution in [0.15, 0.2) is 34.4 Å². The lowest BCUT2D eigenvalue weighted by atomic mass is 10.3. The summed E-state index contributed by atoms with van der Waals surface area (Å²) in [6.45, 7) is 0. The zero-order valence-corrected chi connectivity index (χ0v) is 13.1. The van der Waals surface area contributed by atoms with E-state index < -0.39 is 0 Å². The van der Waals surface area contributed by atoms with Gasteiger partial charge in [-0.05, 0) is 24.3 Å². The molecule has 0 spiro atoms. The number of thiophene rings is 1. The molecule has 0 aliphatic carbocycles. The smallest absolute Gasteiger partial charge is 0.348 e. The summed E-state index contributed by atoms with van der Waals surface area (Å²) >= 11 is 13.3. The van der Waals surface area contributed by atoms with Crippen molar-refractivity contribution in [2.24, 2.45) is 0 Å². The Kier molecular flexibility index (Phi) is 3.75. The van der Waals surface area contributed by atoms with E-state index in [2.05, 4.69) is 10.1 Å². The van der Waals surface area contributed by atoms with Gasteiger partial charge in [-0.3, -0.25) is 4.98 Å². The average molecular weight is 342 g/mol. The molecule has 0 bridgehead atoms. The Bertz CT molecular complexity index is 853. The van der Waals surface area contributed by atoms with Crippen LogP contribution < -0.4 is 10.4 Å². The maximum atomic E-state index is 12.1. The van der Waals surface area contributed by atoms with Gasteiger partial charge in [-0.25, -0.2) is 4.79 Å². The van der Waals surface area contributed by atoms with Crippen molar-refractivity contribution in [2.45, 2.75) is 0 Å². The normalized spacial score (nSPS) is 10.8. The third-order valence-corrected chi connectivity index (χ3v) is 4.31. The Hall–Kier alpha value is -1.76. The van der Waals surface area contributed by atoms with E-state index in [9.17, 15) is 4.79 Å². The number of rotatable bonds is 3. The van der Waals surface area contributed by atoms with Crippen molar-refractivity contribution in [2.75, 3.05) is 7.11 Å². The number of aromatic amines is 1. The Morgan fingerprint density at radius 2 is 2.10 bits per heavy atom. The first-order valence-corrected chi connectivity index (χ1v) is 7.49. The molecule has 108 valence electrons. The second-order valence-corrected chi connectivity index (χ2v) is 5.92. The van der Waals surface area contributed by atoms with Crippen LogP contribution in [0.1, 0.15) is 0 Å². The molecule has 1 N–H and O–H groups in total. The number of H-pyrrole nitrogens is 1. The maximum Gasteiger partial charge on any atom is 0.348 e. The number of hydrogen-bond acceptors (Lipinski definition) is 4. The number of nitrogens with zero attached hydrogens (tertiary/aromatic N) is 2. The summed E-state index contributed by atoms with van der Waals surface area (Å²) in [5.74, 6) is 0.947. The first kappa shape index (κ1) is 14.2. The summed E-state index contributed by atoms with van der Waals surface area (Å²) in [5.41, 5.74) is 0.0928.